The highest BCUT2D eigenvalue weighted by Crippen LogP contribution is 2.15. The van der Waals surface area contributed by atoms with Gasteiger partial charge in [0.2, 0.25) is 0 Å². The Labute approximate surface area is 122 Å². The van der Waals surface area contributed by atoms with Crippen molar-refractivity contribution < 1.29 is 4.74 Å². The molecule has 0 rings (SSSR count). The molecule has 0 aromatic heterocycles. The molecule has 1 heteroatoms. The van der Waals surface area contributed by atoms with E-state index >= 15 is 0 Å². The summed E-state index contributed by atoms with van der Waals surface area (Å²) < 4.78 is 5.06. The number of hydrogen-bond acceptors (Lipinski definition) is 1. The summed E-state index contributed by atoms with van der Waals surface area (Å²) in [4.78, 5) is 0. The van der Waals surface area contributed by atoms with Crippen molar-refractivity contribution in [1.82, 2.24) is 0 Å². The maximum absolute atomic E-state index is 5.06. The molecule has 0 unspecified atom stereocenters. The van der Waals surface area contributed by atoms with Gasteiger partial charge in [0.1, 0.15) is 0 Å². The predicted octanol–water partition coefficient (Wildman–Crippen LogP) is 6.36. The zero-order valence-corrected chi connectivity index (χ0v) is 13.9. The minimum Gasteiger partial charge on any atom is -0.385 e. The smallest absolute Gasteiger partial charge is 0.0462 e. The van der Waals surface area contributed by atoms with Crippen LogP contribution in [0.1, 0.15) is 97.3 Å². The van der Waals surface area contributed by atoms with Crippen LogP contribution in [0, 0.1) is 5.92 Å². The van der Waals surface area contributed by atoms with Gasteiger partial charge in [-0.3, -0.25) is 0 Å². The van der Waals surface area contributed by atoms with Crippen LogP contribution >= 0.6 is 0 Å². The normalized spacial score (nSPS) is 12.8. The van der Waals surface area contributed by atoms with E-state index in [9.17, 15) is 0 Å². The minimum absolute atomic E-state index is 0.941. The van der Waals surface area contributed by atoms with Gasteiger partial charge in [-0.15, -0.1) is 0 Å². The highest BCUT2D eigenvalue weighted by molar-refractivity contribution is 4.52. The summed E-state index contributed by atoms with van der Waals surface area (Å²) in [5.41, 5.74) is 0. The van der Waals surface area contributed by atoms with Crippen molar-refractivity contribution in [1.29, 1.82) is 0 Å². The highest BCUT2D eigenvalue weighted by atomic mass is 16.5. The lowest BCUT2D eigenvalue weighted by atomic mass is 9.99. The second kappa shape index (κ2) is 16.0. The van der Waals surface area contributed by atoms with Crippen LogP contribution in [0.25, 0.3) is 0 Å². The average Bonchev–Trinajstić information content (AvgIpc) is 2.43. The van der Waals surface area contributed by atoms with Crippen LogP contribution in [0.15, 0.2) is 0 Å². The van der Waals surface area contributed by atoms with Crippen molar-refractivity contribution >= 4 is 0 Å². The number of hydrogen-bond donors (Lipinski definition) is 0. The molecule has 0 heterocycles. The lowest BCUT2D eigenvalue weighted by Crippen LogP contribution is -1.91. The fourth-order valence-corrected chi connectivity index (χ4v) is 2.53. The van der Waals surface area contributed by atoms with Crippen LogP contribution in [-0.4, -0.2) is 13.7 Å². The maximum atomic E-state index is 5.06. The Kier molecular flexibility index (Phi) is 16.0. The van der Waals surface area contributed by atoms with E-state index in [2.05, 4.69) is 13.8 Å². The Bertz CT molecular complexity index is 156. The van der Waals surface area contributed by atoms with E-state index in [0.29, 0.717) is 0 Å². The molecule has 0 N–H and O–H groups in total. The monoisotopic (exact) mass is 270 g/mol. The van der Waals surface area contributed by atoms with Crippen LogP contribution in [0.5, 0.6) is 0 Å². The molecule has 0 aromatic rings. The van der Waals surface area contributed by atoms with E-state index in [-0.39, 0.29) is 0 Å². The molecule has 1 nitrogen and oxygen atoms in total. The highest BCUT2D eigenvalue weighted by Gasteiger charge is 1.98. The molecule has 1 atom stereocenters. The lowest BCUT2D eigenvalue weighted by molar-refractivity contribution is 0.192. The van der Waals surface area contributed by atoms with Crippen molar-refractivity contribution in [2.75, 3.05) is 13.7 Å². The Morgan fingerprint density at radius 2 is 1.11 bits per heavy atom. The van der Waals surface area contributed by atoms with E-state index in [4.69, 9.17) is 4.74 Å². The second-order valence-electron chi connectivity index (χ2n) is 6.18. The minimum atomic E-state index is 0.941. The second-order valence-corrected chi connectivity index (χ2v) is 6.18. The molecule has 0 amide bonds. The molecule has 19 heavy (non-hydrogen) atoms. The molecule has 0 bridgehead atoms. The van der Waals surface area contributed by atoms with Gasteiger partial charge in [0.15, 0.2) is 0 Å². The summed E-state index contributed by atoms with van der Waals surface area (Å²) in [5.74, 6) is 0.943. The largest absolute Gasteiger partial charge is 0.385 e. The molecule has 0 fully saturated rings. The first-order valence-electron chi connectivity index (χ1n) is 8.80. The zero-order valence-electron chi connectivity index (χ0n) is 13.9. The third kappa shape index (κ3) is 15.9. The Balaban J connectivity index is 2.95. The molecule has 0 aromatic carbocycles. The van der Waals surface area contributed by atoms with Crippen LogP contribution in [-0.2, 0) is 4.74 Å². The van der Waals surface area contributed by atoms with Crippen molar-refractivity contribution in [2.24, 2.45) is 5.92 Å². The van der Waals surface area contributed by atoms with Gasteiger partial charge < -0.3 is 4.74 Å². The SMILES string of the molecule is CC[C@H](C)CCCCCCCCCCCCCOC. The first-order chi connectivity index (χ1) is 9.31. The number of ether oxygens (including phenoxy) is 1. The number of methoxy groups -OCH3 is 1. The molecule has 0 aliphatic heterocycles. The summed E-state index contributed by atoms with van der Waals surface area (Å²) in [6.07, 6.45) is 18.4. The molecular weight excluding hydrogens is 232 g/mol. The fourth-order valence-electron chi connectivity index (χ4n) is 2.53. The number of unbranched alkanes of at least 4 members (excludes halogenated alkanes) is 10. The van der Waals surface area contributed by atoms with E-state index in [0.717, 1.165) is 12.5 Å². The van der Waals surface area contributed by atoms with Gasteiger partial charge in [-0.1, -0.05) is 90.9 Å². The zero-order chi connectivity index (χ0) is 14.2. The van der Waals surface area contributed by atoms with E-state index in [1.165, 1.54) is 83.5 Å². The fraction of sp³-hybridized carbons (Fsp3) is 1.00. The third-order valence-corrected chi connectivity index (χ3v) is 4.24. The lowest BCUT2D eigenvalue weighted by Gasteiger charge is -2.07. The molecular formula is C18H38O. The van der Waals surface area contributed by atoms with Gasteiger partial charge in [0, 0.05) is 13.7 Å². The van der Waals surface area contributed by atoms with Crippen LogP contribution in [0.4, 0.5) is 0 Å². The first kappa shape index (κ1) is 19.0. The van der Waals surface area contributed by atoms with Gasteiger partial charge in [0.05, 0.1) is 0 Å². The van der Waals surface area contributed by atoms with E-state index in [1.54, 1.807) is 7.11 Å². The Hall–Kier alpha value is -0.0400. The van der Waals surface area contributed by atoms with Crippen LogP contribution in [0.2, 0.25) is 0 Å². The summed E-state index contributed by atoms with van der Waals surface area (Å²) in [7, 11) is 1.79. The quantitative estimate of drug-likeness (QED) is 0.315. The van der Waals surface area contributed by atoms with Crippen LogP contribution < -0.4 is 0 Å². The maximum Gasteiger partial charge on any atom is 0.0462 e. The molecule has 0 saturated heterocycles. The van der Waals surface area contributed by atoms with Gasteiger partial charge in [-0.25, -0.2) is 0 Å². The van der Waals surface area contributed by atoms with Crippen molar-refractivity contribution in [3.63, 3.8) is 0 Å². The molecule has 116 valence electrons. The predicted molar refractivity (Wildman–Crippen MR) is 86.7 cm³/mol. The summed E-state index contributed by atoms with van der Waals surface area (Å²) in [5, 5.41) is 0. The summed E-state index contributed by atoms with van der Waals surface area (Å²) in [6.45, 7) is 5.63. The van der Waals surface area contributed by atoms with E-state index in [1.807, 2.05) is 0 Å². The van der Waals surface area contributed by atoms with Crippen molar-refractivity contribution in [2.45, 2.75) is 97.3 Å². The van der Waals surface area contributed by atoms with E-state index < -0.39 is 0 Å². The third-order valence-electron chi connectivity index (χ3n) is 4.24. The van der Waals surface area contributed by atoms with Gasteiger partial charge >= 0.3 is 0 Å². The first-order valence-corrected chi connectivity index (χ1v) is 8.80. The standard InChI is InChI=1S/C18H38O/c1-4-18(2)16-14-12-10-8-6-5-7-9-11-13-15-17-19-3/h18H,4-17H2,1-3H3/t18-/m0/s1. The average molecular weight is 271 g/mol. The van der Waals surface area contributed by atoms with Gasteiger partial charge in [-0.05, 0) is 12.3 Å². The molecule has 0 saturated carbocycles. The van der Waals surface area contributed by atoms with Gasteiger partial charge in [-0.2, -0.15) is 0 Å². The molecule has 0 spiro atoms. The van der Waals surface area contributed by atoms with Crippen LogP contribution in [0.3, 0.4) is 0 Å². The Morgan fingerprint density at radius 3 is 1.53 bits per heavy atom. The van der Waals surface area contributed by atoms with Crippen molar-refractivity contribution in [3.8, 4) is 0 Å². The Morgan fingerprint density at radius 1 is 0.684 bits per heavy atom. The summed E-state index contributed by atoms with van der Waals surface area (Å²) >= 11 is 0. The van der Waals surface area contributed by atoms with Crippen molar-refractivity contribution in [3.05, 3.63) is 0 Å². The molecule has 0 aliphatic carbocycles. The summed E-state index contributed by atoms with van der Waals surface area (Å²) in [6, 6.07) is 0. The number of rotatable bonds is 15. The molecule has 0 radical (unpaired) electrons. The molecule has 0 aliphatic rings. The van der Waals surface area contributed by atoms with Gasteiger partial charge in [0.25, 0.3) is 0 Å². The topological polar surface area (TPSA) is 9.23 Å².